The lowest BCUT2D eigenvalue weighted by molar-refractivity contribution is 0.166. The lowest BCUT2D eigenvalue weighted by Crippen LogP contribution is -2.56. The van der Waals surface area contributed by atoms with E-state index in [2.05, 4.69) is 16.3 Å². The Hall–Kier alpha value is -0.0800. The van der Waals surface area contributed by atoms with Gasteiger partial charge in [-0.25, -0.2) is 0 Å². The second-order valence-corrected chi connectivity index (χ2v) is 2.52. The quantitative estimate of drug-likeness (QED) is 0.387. The average Bonchev–Trinajstić information content (AvgIpc) is 1.92. The SMILES string of the molecule is [CH]1C[N+]2CCN1CC2. The Bertz CT molecular complexity index is 61.5. The molecule has 8 heavy (non-hydrogen) atoms. The normalized spacial score (nSPS) is 45.0. The van der Waals surface area contributed by atoms with Crippen LogP contribution in [0.25, 0.3) is 0 Å². The summed E-state index contributed by atoms with van der Waals surface area (Å²) in [6.45, 7) is 8.60. The van der Waals surface area contributed by atoms with Gasteiger partial charge in [-0.1, -0.05) is 0 Å². The van der Waals surface area contributed by atoms with Crippen LogP contribution in [0.1, 0.15) is 0 Å². The first-order valence-electron chi connectivity index (χ1n) is 3.25. The molecule has 0 atom stereocenters. The predicted octanol–water partition coefficient (Wildman–Crippen LogP) is -0.383. The Morgan fingerprint density at radius 1 is 1.25 bits per heavy atom. The molecule has 3 fully saturated rings. The monoisotopic (exact) mass is 111 g/mol. The summed E-state index contributed by atoms with van der Waals surface area (Å²) in [5, 5.41) is 0. The number of nitrogens with zero attached hydrogens (tertiary/aromatic N) is 2. The first kappa shape index (κ1) is 4.77. The lowest BCUT2D eigenvalue weighted by Gasteiger charge is -2.33. The minimum atomic E-state index is 1.19. The van der Waals surface area contributed by atoms with Gasteiger partial charge in [-0.05, 0) is 0 Å². The maximum atomic E-state index is 2.49. The van der Waals surface area contributed by atoms with Crippen molar-refractivity contribution in [2.45, 2.75) is 0 Å². The smallest absolute Gasteiger partial charge is 0.140 e. The summed E-state index contributed by atoms with van der Waals surface area (Å²) in [6, 6.07) is 0. The van der Waals surface area contributed by atoms with E-state index in [9.17, 15) is 0 Å². The molecule has 0 amide bonds. The molecule has 3 rings (SSSR count). The molecule has 0 aromatic carbocycles. The van der Waals surface area contributed by atoms with Crippen molar-refractivity contribution < 1.29 is 0 Å². The molecule has 0 saturated carbocycles. The van der Waals surface area contributed by atoms with E-state index in [1.54, 1.807) is 0 Å². The Balaban J connectivity index is 2.03. The van der Waals surface area contributed by atoms with Gasteiger partial charge in [-0.2, -0.15) is 4.90 Å². The van der Waals surface area contributed by atoms with Crippen molar-refractivity contribution in [3.63, 3.8) is 0 Å². The molecule has 0 N–H and O–H groups in total. The number of fused-ring (bicyclic) bond motifs is 3. The van der Waals surface area contributed by atoms with Crippen molar-refractivity contribution in [3.8, 4) is 0 Å². The molecule has 0 unspecified atom stereocenters. The van der Waals surface area contributed by atoms with Gasteiger partial charge in [-0.15, -0.1) is 0 Å². The van der Waals surface area contributed by atoms with Crippen LogP contribution in [0.5, 0.6) is 0 Å². The molecule has 3 aliphatic heterocycles. The third-order valence-electron chi connectivity index (χ3n) is 2.00. The van der Waals surface area contributed by atoms with Crippen LogP contribution < -0.4 is 4.90 Å². The molecule has 2 nitrogen and oxygen atoms in total. The average molecular weight is 111 g/mol. The van der Waals surface area contributed by atoms with Crippen molar-refractivity contribution in [1.82, 2.24) is 9.80 Å². The van der Waals surface area contributed by atoms with Crippen LogP contribution in [0.2, 0.25) is 0 Å². The zero-order valence-electron chi connectivity index (χ0n) is 5.01. The number of hydrogen-bond donors (Lipinski definition) is 0. The van der Waals surface area contributed by atoms with Crippen LogP contribution >= 0.6 is 0 Å². The van der Waals surface area contributed by atoms with Gasteiger partial charge in [0.15, 0.2) is 0 Å². The molecule has 3 saturated heterocycles. The second-order valence-electron chi connectivity index (χ2n) is 2.52. The number of piperazine rings is 3. The highest BCUT2D eigenvalue weighted by Gasteiger charge is 2.30. The molecule has 2 bridgehead atoms. The summed E-state index contributed by atoms with van der Waals surface area (Å²) >= 11 is 0. The molecule has 0 aliphatic carbocycles. The summed E-state index contributed by atoms with van der Waals surface area (Å²) in [4.78, 5) is 4.90. The van der Waals surface area contributed by atoms with Gasteiger partial charge in [-0.3, -0.25) is 4.90 Å². The van der Waals surface area contributed by atoms with Gasteiger partial charge in [0.1, 0.15) is 19.6 Å². The van der Waals surface area contributed by atoms with Crippen LogP contribution in [-0.4, -0.2) is 37.6 Å². The van der Waals surface area contributed by atoms with Gasteiger partial charge < -0.3 is 0 Å². The van der Waals surface area contributed by atoms with E-state index in [1.165, 1.54) is 32.7 Å². The van der Waals surface area contributed by atoms with Crippen LogP contribution in [0.3, 0.4) is 0 Å². The first-order chi connectivity index (χ1) is 3.95. The van der Waals surface area contributed by atoms with Gasteiger partial charge in [0.2, 0.25) is 0 Å². The molecule has 0 aromatic rings. The summed E-state index contributed by atoms with van der Waals surface area (Å²) in [5.41, 5.74) is 0. The maximum absolute atomic E-state index is 2.49. The molecular weight excluding hydrogens is 100 g/mol. The van der Waals surface area contributed by atoms with Crippen molar-refractivity contribution >= 4 is 0 Å². The molecular formula is C6H11N2+. The van der Waals surface area contributed by atoms with Crippen molar-refractivity contribution in [1.29, 1.82) is 0 Å². The zero-order chi connectivity index (χ0) is 5.40. The summed E-state index contributed by atoms with van der Waals surface area (Å²) in [5.74, 6) is 0. The third kappa shape index (κ3) is 0.644. The van der Waals surface area contributed by atoms with E-state index in [4.69, 9.17) is 0 Å². The molecule has 3 aliphatic rings. The minimum absolute atomic E-state index is 1.19. The molecule has 3 heterocycles. The molecule has 2 radical (unpaired) electrons. The summed E-state index contributed by atoms with van der Waals surface area (Å²) < 4.78 is 0. The van der Waals surface area contributed by atoms with E-state index in [-0.39, 0.29) is 0 Å². The Labute approximate surface area is 50.1 Å². The molecule has 44 valence electrons. The van der Waals surface area contributed by atoms with Crippen molar-refractivity contribution in [2.24, 2.45) is 0 Å². The van der Waals surface area contributed by atoms with Crippen molar-refractivity contribution in [2.75, 3.05) is 32.7 Å². The number of rotatable bonds is 0. The van der Waals surface area contributed by atoms with E-state index in [0.29, 0.717) is 0 Å². The topological polar surface area (TPSA) is 9.14 Å². The second kappa shape index (κ2) is 1.71. The van der Waals surface area contributed by atoms with Crippen LogP contribution in [0.15, 0.2) is 0 Å². The van der Waals surface area contributed by atoms with Crippen molar-refractivity contribution in [3.05, 3.63) is 6.54 Å². The highest BCUT2D eigenvalue weighted by Crippen LogP contribution is 2.07. The van der Waals surface area contributed by atoms with Crippen LogP contribution in [0.4, 0.5) is 0 Å². The molecule has 0 spiro atoms. The molecule has 2 heteroatoms. The Kier molecular flexibility index (Phi) is 1.02. The van der Waals surface area contributed by atoms with Crippen LogP contribution in [-0.2, 0) is 0 Å². The Morgan fingerprint density at radius 3 is 2.12 bits per heavy atom. The van der Waals surface area contributed by atoms with Gasteiger partial charge in [0, 0.05) is 0 Å². The van der Waals surface area contributed by atoms with Crippen LogP contribution in [0, 0.1) is 6.54 Å². The lowest BCUT2D eigenvalue weighted by atomic mass is 10.2. The van der Waals surface area contributed by atoms with Gasteiger partial charge >= 0.3 is 0 Å². The fraction of sp³-hybridized carbons (Fsp3) is 0.833. The minimum Gasteiger partial charge on any atom is -0.282 e. The van der Waals surface area contributed by atoms with E-state index < -0.39 is 0 Å². The highest BCUT2D eigenvalue weighted by molar-refractivity contribution is 4.90. The maximum Gasteiger partial charge on any atom is 0.140 e. The largest absolute Gasteiger partial charge is 0.282 e. The first-order valence-corrected chi connectivity index (χ1v) is 3.25. The summed E-state index contributed by atoms with van der Waals surface area (Å²) in [6.07, 6.45) is 0. The zero-order valence-corrected chi connectivity index (χ0v) is 5.01. The predicted molar refractivity (Wildman–Crippen MR) is 32.6 cm³/mol. The number of hydrogen-bond acceptors (Lipinski definition) is 2. The fourth-order valence-electron chi connectivity index (χ4n) is 1.36. The van der Waals surface area contributed by atoms with Gasteiger partial charge in [0.05, 0.1) is 19.6 Å². The van der Waals surface area contributed by atoms with Gasteiger partial charge in [0.25, 0.3) is 0 Å². The molecule has 0 aromatic heterocycles. The fourth-order valence-corrected chi connectivity index (χ4v) is 1.36. The highest BCUT2D eigenvalue weighted by atomic mass is 15.3. The third-order valence-corrected chi connectivity index (χ3v) is 2.00. The Morgan fingerprint density at radius 2 is 2.00 bits per heavy atom. The van der Waals surface area contributed by atoms with E-state index in [0.717, 1.165) is 0 Å². The summed E-state index contributed by atoms with van der Waals surface area (Å²) in [7, 11) is 0. The standard InChI is InChI=1S/C6H11N2/c1-2-8-5-3-7(1)4-6-8/h1H,2-6H2/q+1. The van der Waals surface area contributed by atoms with E-state index in [1.807, 2.05) is 0 Å². The van der Waals surface area contributed by atoms with E-state index >= 15 is 0 Å².